The number of ether oxygens (including phenoxy) is 1. The molecule has 0 fully saturated rings. The zero-order chi connectivity index (χ0) is 13.0. The summed E-state index contributed by atoms with van der Waals surface area (Å²) in [5.74, 6) is 0.791. The normalized spacial score (nSPS) is 13.9. The second-order valence-corrected chi connectivity index (χ2v) is 4.64. The van der Waals surface area contributed by atoms with Crippen LogP contribution < -0.4 is 10.5 Å². The fraction of sp³-hybridized carbons (Fsp3) is 0.200. The number of para-hydroxylation sites is 1. The van der Waals surface area contributed by atoms with Crippen molar-refractivity contribution < 1.29 is 4.74 Å². The van der Waals surface area contributed by atoms with Crippen molar-refractivity contribution in [3.8, 4) is 5.75 Å². The van der Waals surface area contributed by atoms with Gasteiger partial charge in [0.2, 0.25) is 0 Å². The highest BCUT2D eigenvalue weighted by Crippen LogP contribution is 2.29. The number of benzene rings is 2. The van der Waals surface area contributed by atoms with Crippen LogP contribution in [0, 0.1) is 0 Å². The van der Waals surface area contributed by atoms with E-state index < -0.39 is 0 Å². The molecule has 0 saturated heterocycles. The number of nitrogens with two attached hydrogens (primary N) is 1. The maximum atomic E-state index is 6.19. The fourth-order valence-corrected chi connectivity index (χ4v) is 2.05. The Kier molecular flexibility index (Phi) is 4.24. The van der Waals surface area contributed by atoms with Crippen LogP contribution >= 0.6 is 11.6 Å². The summed E-state index contributed by atoms with van der Waals surface area (Å²) in [6, 6.07) is 17.1. The average molecular weight is 262 g/mol. The topological polar surface area (TPSA) is 35.2 Å². The first-order chi connectivity index (χ1) is 8.68. The van der Waals surface area contributed by atoms with Gasteiger partial charge in [0.05, 0.1) is 0 Å². The monoisotopic (exact) mass is 261 g/mol. The Hall–Kier alpha value is -1.51. The molecule has 0 bridgehead atoms. The molecule has 2 nitrogen and oxygen atoms in total. The first-order valence-corrected chi connectivity index (χ1v) is 6.28. The maximum Gasteiger partial charge on any atom is 0.140 e. The summed E-state index contributed by atoms with van der Waals surface area (Å²) >= 11 is 6.19. The van der Waals surface area contributed by atoms with E-state index in [1.54, 1.807) is 0 Å². The summed E-state index contributed by atoms with van der Waals surface area (Å²) in [5, 5.41) is 0.677. The molecule has 2 N–H and O–H groups in total. The molecule has 94 valence electrons. The van der Waals surface area contributed by atoms with Crippen LogP contribution in [0.5, 0.6) is 5.75 Å². The van der Waals surface area contributed by atoms with Gasteiger partial charge in [0.25, 0.3) is 0 Å². The third kappa shape index (κ3) is 3.03. The lowest BCUT2D eigenvalue weighted by molar-refractivity contribution is 0.180. The molecule has 0 saturated carbocycles. The van der Waals surface area contributed by atoms with E-state index in [0.29, 0.717) is 5.02 Å². The largest absolute Gasteiger partial charge is 0.484 e. The van der Waals surface area contributed by atoms with Crippen molar-refractivity contribution in [2.24, 2.45) is 5.73 Å². The van der Waals surface area contributed by atoms with E-state index in [-0.39, 0.29) is 12.1 Å². The molecule has 2 unspecified atom stereocenters. The highest BCUT2D eigenvalue weighted by molar-refractivity contribution is 6.31. The van der Waals surface area contributed by atoms with E-state index in [1.807, 2.05) is 61.5 Å². The van der Waals surface area contributed by atoms with Crippen molar-refractivity contribution in [3.05, 3.63) is 65.2 Å². The van der Waals surface area contributed by atoms with E-state index in [1.165, 1.54) is 0 Å². The van der Waals surface area contributed by atoms with Crippen molar-refractivity contribution in [3.63, 3.8) is 0 Å². The lowest BCUT2D eigenvalue weighted by atomic mass is 10.0. The van der Waals surface area contributed by atoms with Crippen molar-refractivity contribution in [1.29, 1.82) is 0 Å². The quantitative estimate of drug-likeness (QED) is 0.908. The SMILES string of the molecule is CC(N)C(Oc1ccccc1)c1ccccc1Cl. The summed E-state index contributed by atoms with van der Waals surface area (Å²) in [7, 11) is 0. The minimum absolute atomic E-state index is 0.148. The minimum Gasteiger partial charge on any atom is -0.484 e. The van der Waals surface area contributed by atoms with Crippen LogP contribution in [0.3, 0.4) is 0 Å². The van der Waals surface area contributed by atoms with Crippen LogP contribution in [-0.4, -0.2) is 6.04 Å². The summed E-state index contributed by atoms with van der Waals surface area (Å²) in [4.78, 5) is 0. The molecule has 0 amide bonds. The second-order valence-electron chi connectivity index (χ2n) is 4.23. The van der Waals surface area contributed by atoms with Crippen molar-refractivity contribution in [1.82, 2.24) is 0 Å². The molecule has 0 aliphatic carbocycles. The van der Waals surface area contributed by atoms with E-state index in [2.05, 4.69) is 0 Å². The molecule has 2 atom stereocenters. The molecule has 0 radical (unpaired) electrons. The number of hydrogen-bond acceptors (Lipinski definition) is 2. The first-order valence-electron chi connectivity index (χ1n) is 5.90. The number of rotatable bonds is 4. The summed E-state index contributed by atoms with van der Waals surface area (Å²) in [6.07, 6.45) is -0.249. The standard InChI is InChI=1S/C15H16ClNO/c1-11(17)15(13-9-5-6-10-14(13)16)18-12-7-3-2-4-8-12/h2-11,15H,17H2,1H3. The van der Waals surface area contributed by atoms with Crippen LogP contribution in [-0.2, 0) is 0 Å². The zero-order valence-corrected chi connectivity index (χ0v) is 11.0. The van der Waals surface area contributed by atoms with Crippen LogP contribution in [0.2, 0.25) is 5.02 Å². The van der Waals surface area contributed by atoms with E-state index in [0.717, 1.165) is 11.3 Å². The van der Waals surface area contributed by atoms with Crippen LogP contribution in [0.15, 0.2) is 54.6 Å². The Bertz CT molecular complexity index is 499. The molecule has 2 rings (SSSR count). The van der Waals surface area contributed by atoms with Crippen LogP contribution in [0.1, 0.15) is 18.6 Å². The van der Waals surface area contributed by atoms with Crippen molar-refractivity contribution in [2.75, 3.05) is 0 Å². The smallest absolute Gasteiger partial charge is 0.140 e. The zero-order valence-electron chi connectivity index (χ0n) is 10.2. The Morgan fingerprint density at radius 3 is 2.22 bits per heavy atom. The molecule has 18 heavy (non-hydrogen) atoms. The summed E-state index contributed by atoms with van der Waals surface area (Å²) in [5.41, 5.74) is 6.92. The molecular formula is C15H16ClNO. The third-order valence-corrected chi connectivity index (χ3v) is 3.04. The number of hydrogen-bond donors (Lipinski definition) is 1. The summed E-state index contributed by atoms with van der Waals surface area (Å²) in [6.45, 7) is 1.91. The molecule has 0 aliphatic heterocycles. The van der Waals surface area contributed by atoms with Gasteiger partial charge in [-0.15, -0.1) is 0 Å². The van der Waals surface area contributed by atoms with Gasteiger partial charge in [0.1, 0.15) is 11.9 Å². The molecule has 2 aromatic rings. The second kappa shape index (κ2) is 5.89. The first kappa shape index (κ1) is 12.9. The predicted molar refractivity (Wildman–Crippen MR) is 74.9 cm³/mol. The maximum absolute atomic E-state index is 6.19. The van der Waals surface area contributed by atoms with Gasteiger partial charge in [0.15, 0.2) is 0 Å². The molecule has 3 heteroatoms. The lowest BCUT2D eigenvalue weighted by Crippen LogP contribution is -2.29. The highest BCUT2D eigenvalue weighted by atomic mass is 35.5. The van der Waals surface area contributed by atoms with E-state index >= 15 is 0 Å². The molecule has 0 spiro atoms. The lowest BCUT2D eigenvalue weighted by Gasteiger charge is -2.23. The number of halogens is 1. The van der Waals surface area contributed by atoms with Gasteiger partial charge >= 0.3 is 0 Å². The van der Waals surface area contributed by atoms with Gasteiger partial charge < -0.3 is 10.5 Å². The van der Waals surface area contributed by atoms with Gasteiger partial charge in [-0.2, -0.15) is 0 Å². The Morgan fingerprint density at radius 1 is 1.00 bits per heavy atom. The summed E-state index contributed by atoms with van der Waals surface area (Å²) < 4.78 is 5.93. The third-order valence-electron chi connectivity index (χ3n) is 2.70. The van der Waals surface area contributed by atoms with Gasteiger partial charge in [-0.3, -0.25) is 0 Å². The van der Waals surface area contributed by atoms with Crippen LogP contribution in [0.25, 0.3) is 0 Å². The van der Waals surface area contributed by atoms with E-state index in [4.69, 9.17) is 22.1 Å². The molecular weight excluding hydrogens is 246 g/mol. The average Bonchev–Trinajstić information content (AvgIpc) is 2.38. The van der Waals surface area contributed by atoms with Crippen molar-refractivity contribution >= 4 is 11.6 Å². The molecule has 0 aromatic heterocycles. The highest BCUT2D eigenvalue weighted by Gasteiger charge is 2.20. The van der Waals surface area contributed by atoms with Gasteiger partial charge in [-0.1, -0.05) is 48.0 Å². The Labute approximate surface area is 112 Å². The molecule has 2 aromatic carbocycles. The van der Waals surface area contributed by atoms with Crippen LogP contribution in [0.4, 0.5) is 0 Å². The predicted octanol–water partition coefficient (Wildman–Crippen LogP) is 3.81. The van der Waals surface area contributed by atoms with Crippen molar-refractivity contribution in [2.45, 2.75) is 19.1 Å². The van der Waals surface area contributed by atoms with E-state index in [9.17, 15) is 0 Å². The van der Waals surface area contributed by atoms with Gasteiger partial charge in [-0.05, 0) is 25.1 Å². The minimum atomic E-state index is -0.249. The van der Waals surface area contributed by atoms with Gasteiger partial charge in [0, 0.05) is 16.6 Å². The Morgan fingerprint density at radius 2 is 1.61 bits per heavy atom. The van der Waals surface area contributed by atoms with Gasteiger partial charge in [-0.25, -0.2) is 0 Å². The fourth-order valence-electron chi connectivity index (χ4n) is 1.81. The Balaban J connectivity index is 2.27. The molecule has 0 aliphatic rings. The molecule has 0 heterocycles.